The van der Waals surface area contributed by atoms with Gasteiger partial charge in [0.25, 0.3) is 0 Å². The van der Waals surface area contributed by atoms with Crippen molar-refractivity contribution in [3.05, 3.63) is 16.4 Å². The lowest BCUT2D eigenvalue weighted by Crippen LogP contribution is -2.47. The van der Waals surface area contributed by atoms with Crippen molar-refractivity contribution in [3.8, 4) is 0 Å². The van der Waals surface area contributed by atoms with Crippen LogP contribution in [0.3, 0.4) is 0 Å². The molecule has 1 N–H and O–H groups in total. The molecule has 0 spiro atoms. The van der Waals surface area contributed by atoms with Gasteiger partial charge in [-0.25, -0.2) is 0 Å². The van der Waals surface area contributed by atoms with Crippen molar-refractivity contribution in [1.82, 2.24) is 20.0 Å². The van der Waals surface area contributed by atoms with Gasteiger partial charge in [0.1, 0.15) is 0 Å². The Bertz CT molecular complexity index is 429. The third-order valence-corrected chi connectivity index (χ3v) is 3.47. The second kappa shape index (κ2) is 5.06. The minimum absolute atomic E-state index is 0.117. The van der Waals surface area contributed by atoms with E-state index in [9.17, 15) is 4.79 Å². The van der Waals surface area contributed by atoms with Crippen LogP contribution in [-0.2, 0) is 24.8 Å². The lowest BCUT2D eigenvalue weighted by atomic mass is 10.2. The van der Waals surface area contributed by atoms with Gasteiger partial charge in [-0.3, -0.25) is 9.48 Å². The molecule has 1 aliphatic rings. The molecule has 94 valence electrons. The first-order valence-electron chi connectivity index (χ1n) is 5.82. The highest BCUT2D eigenvalue weighted by Gasteiger charge is 2.21. The van der Waals surface area contributed by atoms with Crippen molar-refractivity contribution in [2.45, 2.75) is 19.9 Å². The maximum Gasteiger partial charge on any atom is 0.236 e. The summed E-state index contributed by atoms with van der Waals surface area (Å²) in [7, 11) is 1.87. The number of halogens is 1. The largest absolute Gasteiger partial charge is 0.334 e. The quantitative estimate of drug-likeness (QED) is 0.860. The van der Waals surface area contributed by atoms with Gasteiger partial charge in [0, 0.05) is 20.1 Å². The van der Waals surface area contributed by atoms with Gasteiger partial charge < -0.3 is 10.2 Å². The molecule has 5 nitrogen and oxygen atoms in total. The number of hydrogen-bond acceptors (Lipinski definition) is 3. The summed E-state index contributed by atoms with van der Waals surface area (Å²) in [5.41, 5.74) is 1.81. The Balaban J connectivity index is 2.17. The Hall–Kier alpha value is -1.07. The van der Waals surface area contributed by atoms with Gasteiger partial charge in [0.15, 0.2) is 0 Å². The molecular weight excluding hydrogens is 240 g/mol. The first-order chi connectivity index (χ1) is 8.13. The number of rotatable bonds is 3. The van der Waals surface area contributed by atoms with Crippen LogP contribution in [0.1, 0.15) is 18.3 Å². The third-order valence-electron chi connectivity index (χ3n) is 3.03. The fraction of sp³-hybridized carbons (Fsp3) is 0.636. The average Bonchev–Trinajstić information content (AvgIpc) is 2.59. The van der Waals surface area contributed by atoms with Gasteiger partial charge in [0.2, 0.25) is 5.91 Å². The van der Waals surface area contributed by atoms with E-state index in [4.69, 9.17) is 11.6 Å². The molecule has 0 aromatic carbocycles. The smallest absolute Gasteiger partial charge is 0.236 e. The van der Waals surface area contributed by atoms with E-state index < -0.39 is 0 Å². The maximum atomic E-state index is 11.7. The highest BCUT2D eigenvalue weighted by molar-refractivity contribution is 6.31. The Labute approximate surface area is 106 Å². The van der Waals surface area contributed by atoms with Gasteiger partial charge in [-0.1, -0.05) is 18.5 Å². The number of nitrogens with one attached hydrogen (secondary N) is 1. The number of carbonyl (C=O) groups is 1. The van der Waals surface area contributed by atoms with E-state index in [0.29, 0.717) is 18.1 Å². The van der Waals surface area contributed by atoms with Crippen molar-refractivity contribution in [3.63, 3.8) is 0 Å². The van der Waals surface area contributed by atoms with Crippen molar-refractivity contribution < 1.29 is 4.79 Å². The summed E-state index contributed by atoms with van der Waals surface area (Å²) >= 11 is 6.26. The third kappa shape index (κ3) is 2.45. The number of piperazine rings is 1. The molecule has 1 aliphatic heterocycles. The number of aryl methyl sites for hydroxylation is 2. The molecule has 0 aliphatic carbocycles. The van der Waals surface area contributed by atoms with Gasteiger partial charge in [-0.15, -0.1) is 0 Å². The van der Waals surface area contributed by atoms with Crippen molar-refractivity contribution in [2.24, 2.45) is 7.05 Å². The average molecular weight is 257 g/mol. The molecule has 1 saturated heterocycles. The summed E-state index contributed by atoms with van der Waals surface area (Å²) in [5, 5.41) is 8.10. The van der Waals surface area contributed by atoms with Crippen LogP contribution in [0.5, 0.6) is 0 Å². The molecule has 0 saturated carbocycles. The van der Waals surface area contributed by atoms with E-state index in [-0.39, 0.29) is 5.91 Å². The standard InChI is InChI=1S/C11H17ClN4O/c1-3-8-11(12)9(15(2)14-8)7-16-5-4-13-6-10(16)17/h13H,3-7H2,1-2H3. The maximum absolute atomic E-state index is 11.7. The number of nitrogens with zero attached hydrogens (tertiary/aromatic N) is 3. The molecule has 2 rings (SSSR count). The highest BCUT2D eigenvalue weighted by Crippen LogP contribution is 2.22. The SMILES string of the molecule is CCc1nn(C)c(CN2CCNCC2=O)c1Cl. The second-order valence-corrected chi connectivity index (χ2v) is 4.55. The Morgan fingerprint density at radius 2 is 2.29 bits per heavy atom. The lowest BCUT2D eigenvalue weighted by molar-refractivity contribution is -0.132. The fourth-order valence-electron chi connectivity index (χ4n) is 1.99. The summed E-state index contributed by atoms with van der Waals surface area (Å²) in [5.74, 6) is 0.117. The number of aromatic nitrogens is 2. The number of hydrogen-bond donors (Lipinski definition) is 1. The van der Waals surface area contributed by atoms with E-state index in [1.807, 2.05) is 18.9 Å². The molecule has 0 bridgehead atoms. The molecule has 1 aromatic rings. The van der Waals surface area contributed by atoms with Crippen molar-refractivity contribution in [2.75, 3.05) is 19.6 Å². The van der Waals surface area contributed by atoms with Gasteiger partial charge in [-0.2, -0.15) is 5.10 Å². The minimum atomic E-state index is 0.117. The predicted molar refractivity (Wildman–Crippen MR) is 65.9 cm³/mol. The highest BCUT2D eigenvalue weighted by atomic mass is 35.5. The summed E-state index contributed by atoms with van der Waals surface area (Å²) < 4.78 is 1.77. The van der Waals surface area contributed by atoms with Gasteiger partial charge in [-0.05, 0) is 6.42 Å². The summed E-state index contributed by atoms with van der Waals surface area (Å²) in [6, 6.07) is 0. The zero-order valence-electron chi connectivity index (χ0n) is 10.2. The Kier molecular flexibility index (Phi) is 3.69. The summed E-state index contributed by atoms with van der Waals surface area (Å²) in [6.07, 6.45) is 0.808. The lowest BCUT2D eigenvalue weighted by Gasteiger charge is -2.27. The molecule has 1 amide bonds. The normalized spacial score (nSPS) is 16.6. The Morgan fingerprint density at radius 1 is 1.53 bits per heavy atom. The molecule has 0 unspecified atom stereocenters. The molecular formula is C11H17ClN4O. The van der Waals surface area contributed by atoms with Gasteiger partial charge >= 0.3 is 0 Å². The first-order valence-corrected chi connectivity index (χ1v) is 6.20. The van der Waals surface area contributed by atoms with Crippen molar-refractivity contribution in [1.29, 1.82) is 0 Å². The van der Waals surface area contributed by atoms with Crippen LogP contribution in [0, 0.1) is 0 Å². The molecule has 1 aromatic heterocycles. The van der Waals surface area contributed by atoms with Crippen LogP contribution >= 0.6 is 11.6 Å². The van der Waals surface area contributed by atoms with Crippen LogP contribution in [0.2, 0.25) is 5.02 Å². The Morgan fingerprint density at radius 3 is 2.88 bits per heavy atom. The molecule has 1 fully saturated rings. The van der Waals surface area contributed by atoms with E-state index in [1.54, 1.807) is 4.68 Å². The number of amides is 1. The zero-order chi connectivity index (χ0) is 12.4. The van der Waals surface area contributed by atoms with Crippen LogP contribution in [-0.4, -0.2) is 40.2 Å². The first kappa shape index (κ1) is 12.4. The van der Waals surface area contributed by atoms with Crippen LogP contribution in [0.4, 0.5) is 0 Å². The van der Waals surface area contributed by atoms with E-state index in [2.05, 4.69) is 10.4 Å². The molecule has 0 atom stereocenters. The molecule has 2 heterocycles. The zero-order valence-corrected chi connectivity index (χ0v) is 10.9. The molecule has 0 radical (unpaired) electrons. The minimum Gasteiger partial charge on any atom is -0.334 e. The predicted octanol–water partition coefficient (Wildman–Crippen LogP) is 0.568. The van der Waals surface area contributed by atoms with Crippen LogP contribution in [0.25, 0.3) is 0 Å². The monoisotopic (exact) mass is 256 g/mol. The summed E-state index contributed by atoms with van der Waals surface area (Å²) in [6.45, 7) is 4.54. The summed E-state index contributed by atoms with van der Waals surface area (Å²) in [4.78, 5) is 13.5. The van der Waals surface area contributed by atoms with E-state index in [0.717, 1.165) is 30.9 Å². The van der Waals surface area contributed by atoms with E-state index >= 15 is 0 Å². The molecule has 17 heavy (non-hydrogen) atoms. The van der Waals surface area contributed by atoms with Crippen LogP contribution in [0.15, 0.2) is 0 Å². The molecule has 6 heteroatoms. The second-order valence-electron chi connectivity index (χ2n) is 4.18. The van der Waals surface area contributed by atoms with Gasteiger partial charge in [0.05, 0.1) is 29.5 Å². The number of carbonyl (C=O) groups excluding carboxylic acids is 1. The van der Waals surface area contributed by atoms with E-state index in [1.165, 1.54) is 0 Å². The topological polar surface area (TPSA) is 50.2 Å². The van der Waals surface area contributed by atoms with Crippen molar-refractivity contribution >= 4 is 17.5 Å². The van der Waals surface area contributed by atoms with Crippen LogP contribution < -0.4 is 5.32 Å². The fourth-order valence-corrected chi connectivity index (χ4v) is 2.34.